The zero-order chi connectivity index (χ0) is 24.9. The summed E-state index contributed by atoms with van der Waals surface area (Å²) >= 11 is 0. The Morgan fingerprint density at radius 1 is 1.11 bits per heavy atom. The van der Waals surface area contributed by atoms with Crippen molar-refractivity contribution in [2.45, 2.75) is 6.42 Å². The minimum Gasteiger partial charge on any atom is -0.493 e. The molecule has 0 aliphatic carbocycles. The van der Waals surface area contributed by atoms with Crippen LogP contribution < -0.4 is 26.4 Å². The highest BCUT2D eigenvalue weighted by Crippen LogP contribution is 2.29. The molecule has 0 saturated carbocycles. The highest BCUT2D eigenvalue weighted by molar-refractivity contribution is 6.07. The molecule has 4 rings (SSSR count). The molecule has 0 spiro atoms. The first-order valence-corrected chi connectivity index (χ1v) is 11.2. The average molecular weight is 477 g/mol. The first kappa shape index (κ1) is 23.9. The fourth-order valence-electron chi connectivity index (χ4n) is 3.68. The van der Waals surface area contributed by atoms with Crippen molar-refractivity contribution in [2.75, 3.05) is 56.3 Å². The van der Waals surface area contributed by atoms with E-state index < -0.39 is 5.91 Å². The molecule has 11 heteroatoms. The van der Waals surface area contributed by atoms with Crippen LogP contribution in [0, 0.1) is 0 Å². The number of benzene rings is 1. The first-order valence-electron chi connectivity index (χ1n) is 11.2. The standard InChI is InChI=1S/C24H28N8O3/c1-31-9-10-32(2)24(34)16-12-15(4-5-20(16)35-11-3-7-25)17-14-28-22(26)21(29-17)23(33)30-18-13-27-8-6-19(18)31/h4-6,8,12-14H,3,7,9-11,25H2,1-2H3,(H2,26,28)(H,30,33). The van der Waals surface area contributed by atoms with Gasteiger partial charge in [-0.25, -0.2) is 9.97 Å². The van der Waals surface area contributed by atoms with E-state index in [9.17, 15) is 9.59 Å². The number of nitrogen functional groups attached to an aromatic ring is 1. The van der Waals surface area contributed by atoms with E-state index in [4.69, 9.17) is 16.2 Å². The third-order valence-corrected chi connectivity index (χ3v) is 5.70. The number of ether oxygens (including phenoxy) is 1. The molecule has 1 aliphatic heterocycles. The lowest BCUT2D eigenvalue weighted by Gasteiger charge is -2.26. The second kappa shape index (κ2) is 10.3. The average Bonchev–Trinajstić information content (AvgIpc) is 2.87. The van der Waals surface area contributed by atoms with E-state index in [0.29, 0.717) is 60.9 Å². The minimum atomic E-state index is -0.510. The van der Waals surface area contributed by atoms with Crippen LogP contribution in [0.5, 0.6) is 5.75 Å². The molecule has 4 bridgehead atoms. The van der Waals surface area contributed by atoms with Crippen LogP contribution in [0.4, 0.5) is 17.2 Å². The predicted octanol–water partition coefficient (Wildman–Crippen LogP) is 1.62. The molecular formula is C24H28N8O3. The van der Waals surface area contributed by atoms with Crippen LogP contribution >= 0.6 is 0 Å². The van der Waals surface area contributed by atoms with E-state index in [-0.39, 0.29) is 17.4 Å². The van der Waals surface area contributed by atoms with Crippen molar-refractivity contribution in [1.82, 2.24) is 19.9 Å². The Labute approximate surface area is 203 Å². The van der Waals surface area contributed by atoms with Crippen LogP contribution in [0.2, 0.25) is 0 Å². The number of hydrogen-bond donors (Lipinski definition) is 3. The van der Waals surface area contributed by atoms with Gasteiger partial charge >= 0.3 is 0 Å². The number of carbonyl (C=O) groups is 2. The lowest BCUT2D eigenvalue weighted by molar-refractivity contribution is 0.0794. The van der Waals surface area contributed by atoms with Gasteiger partial charge in [0.2, 0.25) is 0 Å². The third-order valence-electron chi connectivity index (χ3n) is 5.70. The Kier molecular flexibility index (Phi) is 7.06. The maximum absolute atomic E-state index is 13.5. The number of nitrogens with two attached hydrogens (primary N) is 2. The third kappa shape index (κ3) is 5.14. The van der Waals surface area contributed by atoms with E-state index in [1.165, 1.54) is 6.20 Å². The van der Waals surface area contributed by atoms with E-state index >= 15 is 0 Å². The number of carbonyl (C=O) groups excluding carboxylic acids is 2. The topological polar surface area (TPSA) is 153 Å². The Morgan fingerprint density at radius 2 is 1.91 bits per heavy atom. The molecule has 5 N–H and O–H groups in total. The zero-order valence-corrected chi connectivity index (χ0v) is 19.7. The largest absolute Gasteiger partial charge is 0.493 e. The number of likely N-dealkylation sites (N-methyl/N-ethyl adjacent to an activating group) is 2. The summed E-state index contributed by atoms with van der Waals surface area (Å²) in [5, 5.41) is 2.84. The number of nitrogens with zero attached hydrogens (tertiary/aromatic N) is 5. The number of anilines is 3. The van der Waals surface area contributed by atoms with Crippen molar-refractivity contribution in [2.24, 2.45) is 5.73 Å². The molecule has 0 fully saturated rings. The summed E-state index contributed by atoms with van der Waals surface area (Å²) in [5.74, 6) is -0.267. The van der Waals surface area contributed by atoms with E-state index in [1.807, 2.05) is 11.9 Å². The summed E-state index contributed by atoms with van der Waals surface area (Å²) in [5.41, 5.74) is 14.2. The van der Waals surface area contributed by atoms with Gasteiger partial charge in [0.25, 0.3) is 11.8 Å². The van der Waals surface area contributed by atoms with Crippen molar-refractivity contribution in [3.63, 3.8) is 0 Å². The predicted molar refractivity (Wildman–Crippen MR) is 133 cm³/mol. The Bertz CT molecular complexity index is 1250. The van der Waals surface area contributed by atoms with Crippen molar-refractivity contribution in [3.05, 3.63) is 54.1 Å². The molecule has 0 saturated heterocycles. The maximum Gasteiger partial charge on any atom is 0.278 e. The lowest BCUT2D eigenvalue weighted by atomic mass is 10.1. The molecule has 2 amide bonds. The SMILES string of the molecule is CN1CCN(C)c2ccncc2NC(=O)c2nc(cnc2N)-c2ccc(OCCCN)c(c2)C1=O. The molecule has 0 atom stereocenters. The van der Waals surface area contributed by atoms with E-state index in [0.717, 1.165) is 5.69 Å². The fourth-order valence-corrected chi connectivity index (χ4v) is 3.68. The number of pyridine rings is 1. The maximum atomic E-state index is 13.5. The molecule has 11 nitrogen and oxygen atoms in total. The van der Waals surface area contributed by atoms with Gasteiger partial charge in [-0.2, -0.15) is 0 Å². The van der Waals surface area contributed by atoms with Gasteiger partial charge in [0.15, 0.2) is 11.5 Å². The second-order valence-electron chi connectivity index (χ2n) is 8.19. The molecule has 0 unspecified atom stereocenters. The highest BCUT2D eigenvalue weighted by atomic mass is 16.5. The Hall–Kier alpha value is -4.25. The van der Waals surface area contributed by atoms with Crippen LogP contribution in [0.25, 0.3) is 11.3 Å². The normalized spacial score (nSPS) is 14.0. The van der Waals surface area contributed by atoms with Gasteiger partial charge in [0, 0.05) is 38.9 Å². The van der Waals surface area contributed by atoms with Crippen LogP contribution in [-0.4, -0.2) is 72.0 Å². The van der Waals surface area contributed by atoms with Crippen LogP contribution in [-0.2, 0) is 0 Å². The summed E-state index contributed by atoms with van der Waals surface area (Å²) in [6.07, 6.45) is 5.32. The molecule has 1 aliphatic rings. The van der Waals surface area contributed by atoms with Crippen molar-refractivity contribution in [3.8, 4) is 17.0 Å². The lowest BCUT2D eigenvalue weighted by Crippen LogP contribution is -2.35. The Balaban J connectivity index is 1.82. The molecule has 3 heterocycles. The number of rotatable bonds is 4. The van der Waals surface area contributed by atoms with Gasteiger partial charge in [-0.05, 0) is 37.2 Å². The van der Waals surface area contributed by atoms with Crippen LogP contribution in [0.1, 0.15) is 27.3 Å². The second-order valence-corrected chi connectivity index (χ2v) is 8.19. The summed E-state index contributed by atoms with van der Waals surface area (Å²) in [4.78, 5) is 42.9. The summed E-state index contributed by atoms with van der Waals surface area (Å²) in [6, 6.07) is 6.96. The van der Waals surface area contributed by atoms with Gasteiger partial charge in [0.1, 0.15) is 5.75 Å². The van der Waals surface area contributed by atoms with Gasteiger partial charge in [-0.3, -0.25) is 14.6 Å². The minimum absolute atomic E-state index is 0.00728. The summed E-state index contributed by atoms with van der Waals surface area (Å²) in [7, 11) is 3.61. The molecule has 3 aromatic rings. The Morgan fingerprint density at radius 3 is 2.71 bits per heavy atom. The van der Waals surface area contributed by atoms with Crippen LogP contribution in [0.15, 0.2) is 42.9 Å². The van der Waals surface area contributed by atoms with E-state index in [1.54, 1.807) is 48.6 Å². The number of aromatic nitrogens is 3. The smallest absolute Gasteiger partial charge is 0.278 e. The summed E-state index contributed by atoms with van der Waals surface area (Å²) < 4.78 is 5.86. The van der Waals surface area contributed by atoms with Crippen molar-refractivity contribution >= 4 is 29.0 Å². The zero-order valence-electron chi connectivity index (χ0n) is 19.7. The molecule has 1 aromatic carbocycles. The monoisotopic (exact) mass is 476 g/mol. The number of amides is 2. The van der Waals surface area contributed by atoms with Gasteiger partial charge in [-0.15, -0.1) is 0 Å². The quantitative estimate of drug-likeness (QED) is 0.477. The molecule has 35 heavy (non-hydrogen) atoms. The van der Waals surface area contributed by atoms with Crippen LogP contribution in [0.3, 0.4) is 0 Å². The first-order chi connectivity index (χ1) is 16.9. The fraction of sp³-hybridized carbons (Fsp3) is 0.292. The van der Waals surface area contributed by atoms with E-state index in [2.05, 4.69) is 20.3 Å². The number of nitrogens with one attached hydrogen (secondary N) is 1. The number of fused-ring (bicyclic) bond motifs is 6. The number of hydrogen-bond acceptors (Lipinski definition) is 9. The molecule has 0 radical (unpaired) electrons. The molecule has 2 aromatic heterocycles. The van der Waals surface area contributed by atoms with Gasteiger partial charge in [-0.1, -0.05) is 0 Å². The van der Waals surface area contributed by atoms with Gasteiger partial charge < -0.3 is 31.3 Å². The van der Waals surface area contributed by atoms with Crippen molar-refractivity contribution in [1.29, 1.82) is 0 Å². The molecule has 182 valence electrons. The van der Waals surface area contributed by atoms with Crippen molar-refractivity contribution < 1.29 is 14.3 Å². The molecular weight excluding hydrogens is 448 g/mol. The highest BCUT2D eigenvalue weighted by Gasteiger charge is 2.22. The van der Waals surface area contributed by atoms with Gasteiger partial charge in [0.05, 0.1) is 41.6 Å². The summed E-state index contributed by atoms with van der Waals surface area (Å²) in [6.45, 7) is 1.81.